The van der Waals surface area contributed by atoms with Gasteiger partial charge < -0.3 is 19.5 Å². The Labute approximate surface area is 169 Å². The van der Waals surface area contributed by atoms with E-state index in [4.69, 9.17) is 14.2 Å². The van der Waals surface area contributed by atoms with Crippen LogP contribution in [0.15, 0.2) is 18.2 Å². The number of aromatic nitrogens is 1. The Morgan fingerprint density at radius 1 is 1.14 bits per heavy atom. The molecule has 1 N–H and O–H groups in total. The van der Waals surface area contributed by atoms with E-state index in [0.717, 1.165) is 16.9 Å². The van der Waals surface area contributed by atoms with Gasteiger partial charge in [-0.25, -0.2) is 9.78 Å². The van der Waals surface area contributed by atoms with E-state index in [1.54, 1.807) is 20.3 Å². The van der Waals surface area contributed by atoms with Crippen LogP contribution in [0.4, 0.5) is 5.13 Å². The summed E-state index contributed by atoms with van der Waals surface area (Å²) in [5.41, 5.74) is 1.13. The number of esters is 1. The number of carbonyl (C=O) groups excluding carboxylic acids is 2. The van der Waals surface area contributed by atoms with E-state index in [1.165, 1.54) is 7.11 Å². The number of anilines is 1. The number of amides is 1. The molecule has 0 saturated heterocycles. The lowest BCUT2D eigenvalue weighted by Crippen LogP contribution is -2.17. The van der Waals surface area contributed by atoms with Crippen molar-refractivity contribution in [2.75, 3.05) is 26.6 Å². The van der Waals surface area contributed by atoms with Crippen LogP contribution in [0.2, 0.25) is 0 Å². The normalized spacial score (nSPS) is 11.1. The van der Waals surface area contributed by atoms with Gasteiger partial charge in [-0.05, 0) is 30.2 Å². The van der Waals surface area contributed by atoms with Crippen molar-refractivity contribution >= 4 is 28.3 Å². The fraction of sp³-hybridized carbons (Fsp3) is 0.450. The summed E-state index contributed by atoms with van der Waals surface area (Å²) < 4.78 is 15.4. The number of nitrogens with one attached hydrogen (secondary N) is 1. The van der Waals surface area contributed by atoms with E-state index in [0.29, 0.717) is 33.6 Å². The molecule has 0 aliphatic carbocycles. The molecule has 2 rings (SSSR count). The number of nitrogens with zero attached hydrogens (tertiary/aromatic N) is 1. The van der Waals surface area contributed by atoms with Gasteiger partial charge in [0, 0.05) is 11.8 Å². The van der Waals surface area contributed by atoms with E-state index in [9.17, 15) is 9.59 Å². The second-order valence-electron chi connectivity index (χ2n) is 7.16. The van der Waals surface area contributed by atoms with Crippen LogP contribution in [0.3, 0.4) is 0 Å². The lowest BCUT2D eigenvalue weighted by molar-refractivity contribution is -0.116. The topological polar surface area (TPSA) is 86.8 Å². The molecule has 0 spiro atoms. The maximum atomic E-state index is 12.4. The molecule has 1 aromatic carbocycles. The van der Waals surface area contributed by atoms with Crippen molar-refractivity contribution < 1.29 is 23.8 Å². The number of hydrogen-bond acceptors (Lipinski definition) is 7. The zero-order valence-electron chi connectivity index (χ0n) is 17.0. The molecular formula is C20H26N2O5S. The van der Waals surface area contributed by atoms with Crippen molar-refractivity contribution in [2.45, 2.75) is 39.0 Å². The van der Waals surface area contributed by atoms with Gasteiger partial charge in [0.1, 0.15) is 16.4 Å². The van der Waals surface area contributed by atoms with Crippen molar-refractivity contribution in [1.29, 1.82) is 0 Å². The Balaban J connectivity index is 2.12. The summed E-state index contributed by atoms with van der Waals surface area (Å²) in [5, 5.41) is 3.16. The van der Waals surface area contributed by atoms with E-state index in [1.807, 2.05) is 32.9 Å². The van der Waals surface area contributed by atoms with Gasteiger partial charge in [-0.1, -0.05) is 32.1 Å². The number of ether oxygens (including phenoxy) is 3. The van der Waals surface area contributed by atoms with Crippen LogP contribution in [0, 0.1) is 0 Å². The third-order valence-electron chi connectivity index (χ3n) is 4.06. The Kier molecular flexibility index (Phi) is 7.01. The van der Waals surface area contributed by atoms with Gasteiger partial charge in [0.05, 0.1) is 27.0 Å². The number of thiazole rings is 1. The molecule has 0 saturated carbocycles. The highest BCUT2D eigenvalue weighted by molar-refractivity contribution is 7.17. The summed E-state index contributed by atoms with van der Waals surface area (Å²) >= 11 is 1.12. The number of hydrogen-bond donors (Lipinski definition) is 1. The predicted octanol–water partition coefficient (Wildman–Crippen LogP) is 3.82. The van der Waals surface area contributed by atoms with Crippen LogP contribution in [-0.4, -0.2) is 38.2 Å². The third kappa shape index (κ3) is 5.22. The van der Waals surface area contributed by atoms with E-state index in [2.05, 4.69) is 10.3 Å². The zero-order valence-corrected chi connectivity index (χ0v) is 17.9. The lowest BCUT2D eigenvalue weighted by atomic mass is 9.91. The Hall–Kier alpha value is -2.61. The number of methoxy groups -OCH3 is 3. The van der Waals surface area contributed by atoms with E-state index < -0.39 is 5.97 Å². The molecule has 0 aliphatic heterocycles. The number of carbonyl (C=O) groups is 2. The van der Waals surface area contributed by atoms with Gasteiger partial charge in [-0.2, -0.15) is 0 Å². The molecule has 0 bridgehead atoms. The first kappa shape index (κ1) is 21.7. The maximum Gasteiger partial charge on any atom is 0.350 e. The Bertz CT molecular complexity index is 855. The van der Waals surface area contributed by atoms with Crippen molar-refractivity contribution in [2.24, 2.45) is 0 Å². The molecule has 1 heterocycles. The first-order valence-electron chi connectivity index (χ1n) is 8.80. The van der Waals surface area contributed by atoms with Crippen LogP contribution in [0.1, 0.15) is 48.1 Å². The highest BCUT2D eigenvalue weighted by atomic mass is 32.1. The second kappa shape index (κ2) is 9.05. The second-order valence-corrected chi connectivity index (χ2v) is 8.16. The monoisotopic (exact) mass is 406 g/mol. The number of benzene rings is 1. The van der Waals surface area contributed by atoms with Crippen molar-refractivity contribution in [3.8, 4) is 11.5 Å². The molecule has 7 nitrogen and oxygen atoms in total. The molecule has 0 aliphatic rings. The SMILES string of the molecule is COC(=O)c1sc(NC(=O)CCc2cc(OC)ccc2OC)nc1C(C)(C)C. The van der Waals surface area contributed by atoms with Gasteiger partial charge in [0.2, 0.25) is 5.91 Å². The zero-order chi connectivity index (χ0) is 20.9. The average Bonchev–Trinajstić information content (AvgIpc) is 3.09. The third-order valence-corrected chi connectivity index (χ3v) is 5.01. The summed E-state index contributed by atoms with van der Waals surface area (Å²) in [4.78, 5) is 29.3. The highest BCUT2D eigenvalue weighted by Gasteiger charge is 2.28. The minimum absolute atomic E-state index is 0.199. The van der Waals surface area contributed by atoms with Crippen LogP contribution < -0.4 is 14.8 Å². The van der Waals surface area contributed by atoms with Gasteiger partial charge in [-0.15, -0.1) is 0 Å². The minimum atomic E-state index is -0.455. The fourth-order valence-electron chi connectivity index (χ4n) is 2.62. The molecule has 0 atom stereocenters. The molecule has 8 heteroatoms. The standard InChI is InChI=1S/C20H26N2O5S/c1-20(2,3)17-16(18(24)27-6)28-19(22-17)21-15(23)10-7-12-11-13(25-4)8-9-14(12)26-5/h8-9,11H,7,10H2,1-6H3,(H,21,22,23). The molecule has 0 fully saturated rings. The maximum absolute atomic E-state index is 12.4. The van der Waals surface area contributed by atoms with Gasteiger partial charge in [0.15, 0.2) is 5.13 Å². The largest absolute Gasteiger partial charge is 0.497 e. The van der Waals surface area contributed by atoms with Crippen molar-refractivity contribution in [3.63, 3.8) is 0 Å². The van der Waals surface area contributed by atoms with Crippen LogP contribution >= 0.6 is 11.3 Å². The molecule has 1 amide bonds. The average molecular weight is 407 g/mol. The molecule has 152 valence electrons. The Morgan fingerprint density at radius 3 is 2.43 bits per heavy atom. The summed E-state index contributed by atoms with van der Waals surface area (Å²) in [6, 6.07) is 5.47. The van der Waals surface area contributed by atoms with Gasteiger partial charge in [-0.3, -0.25) is 4.79 Å². The molecular weight excluding hydrogens is 380 g/mol. The molecule has 1 aromatic heterocycles. The van der Waals surface area contributed by atoms with Crippen molar-refractivity contribution in [1.82, 2.24) is 4.98 Å². The summed E-state index contributed by atoms with van der Waals surface area (Å²) in [7, 11) is 4.50. The number of rotatable bonds is 7. The molecule has 0 radical (unpaired) electrons. The molecule has 0 unspecified atom stereocenters. The first-order chi connectivity index (χ1) is 13.2. The Morgan fingerprint density at radius 2 is 1.86 bits per heavy atom. The summed E-state index contributed by atoms with van der Waals surface area (Å²) in [6.45, 7) is 5.86. The molecule has 2 aromatic rings. The predicted molar refractivity (Wildman–Crippen MR) is 109 cm³/mol. The lowest BCUT2D eigenvalue weighted by Gasteiger charge is -2.16. The first-order valence-corrected chi connectivity index (χ1v) is 9.61. The smallest absolute Gasteiger partial charge is 0.350 e. The quantitative estimate of drug-likeness (QED) is 0.704. The summed E-state index contributed by atoms with van der Waals surface area (Å²) in [6.07, 6.45) is 0.717. The van der Waals surface area contributed by atoms with E-state index >= 15 is 0 Å². The minimum Gasteiger partial charge on any atom is -0.497 e. The van der Waals surface area contributed by atoms with Crippen LogP contribution in [-0.2, 0) is 21.4 Å². The molecule has 28 heavy (non-hydrogen) atoms. The highest BCUT2D eigenvalue weighted by Crippen LogP contribution is 2.33. The van der Waals surface area contributed by atoms with Crippen molar-refractivity contribution in [3.05, 3.63) is 34.3 Å². The van der Waals surface area contributed by atoms with Crippen LogP contribution in [0.5, 0.6) is 11.5 Å². The van der Waals surface area contributed by atoms with Gasteiger partial charge in [0.25, 0.3) is 0 Å². The fourth-order valence-corrected chi connectivity index (χ4v) is 3.73. The summed E-state index contributed by atoms with van der Waals surface area (Å²) in [5.74, 6) is 0.749. The number of aryl methyl sites for hydroxylation is 1. The van der Waals surface area contributed by atoms with Gasteiger partial charge >= 0.3 is 5.97 Å². The van der Waals surface area contributed by atoms with Crippen LogP contribution in [0.25, 0.3) is 0 Å². The van der Waals surface area contributed by atoms with E-state index in [-0.39, 0.29) is 17.7 Å².